The van der Waals surface area contributed by atoms with E-state index < -0.39 is 33.2 Å². The molecule has 0 amide bonds. The Morgan fingerprint density at radius 2 is 1.61 bits per heavy atom. The number of benzene rings is 3. The summed E-state index contributed by atoms with van der Waals surface area (Å²) in [6, 6.07) is 23.6. The van der Waals surface area contributed by atoms with Gasteiger partial charge in [0.2, 0.25) is 11.4 Å². The zero-order valence-electron chi connectivity index (χ0n) is 19.5. The highest BCUT2D eigenvalue weighted by Gasteiger charge is 2.54. The third-order valence-corrected chi connectivity index (χ3v) is 7.70. The third kappa shape index (κ3) is 5.42. The monoisotopic (exact) mass is 509 g/mol. The van der Waals surface area contributed by atoms with Crippen molar-refractivity contribution in [2.24, 2.45) is 4.99 Å². The maximum absolute atomic E-state index is 13.0. The number of hydrogen-bond acceptors (Lipinski definition) is 7. The highest BCUT2D eigenvalue weighted by molar-refractivity contribution is 7.91. The summed E-state index contributed by atoms with van der Waals surface area (Å²) in [6.07, 6.45) is -0.786. The maximum Gasteiger partial charge on any atom is 0.336 e. The molecule has 2 atom stereocenters. The molecular weight excluding hydrogens is 482 g/mol. The number of aliphatic hydroxyl groups excluding tert-OH is 1. The molecule has 2 N–H and O–H groups in total. The maximum atomic E-state index is 13.0. The summed E-state index contributed by atoms with van der Waals surface area (Å²) in [4.78, 5) is 17.3. The fourth-order valence-corrected chi connectivity index (χ4v) is 5.40. The van der Waals surface area contributed by atoms with Gasteiger partial charge in [0, 0.05) is 25.0 Å². The smallest absolute Gasteiger partial charge is 0.336 e. The zero-order chi connectivity index (χ0) is 25.6. The van der Waals surface area contributed by atoms with Crippen molar-refractivity contribution in [1.29, 1.82) is 0 Å². The number of nitrogens with zero attached hydrogens (tertiary/aromatic N) is 1. The number of carboxylic acid groups (broad SMARTS) is 1. The summed E-state index contributed by atoms with van der Waals surface area (Å²) >= 11 is 0. The lowest BCUT2D eigenvalue weighted by Gasteiger charge is -2.27. The van der Waals surface area contributed by atoms with Gasteiger partial charge in [0.05, 0.1) is 17.3 Å². The number of aliphatic imine (C=N–C) groups is 1. The Bertz CT molecular complexity index is 1310. The van der Waals surface area contributed by atoms with Crippen molar-refractivity contribution < 1.29 is 32.9 Å². The molecule has 1 aliphatic heterocycles. The molecule has 0 saturated heterocycles. The standard InChI is InChI=1S/C27H27NO7S/c29-17-7-18-34-22-14-12-21(13-15-22)25-28-27(26(30)31,24(35-25)20-8-3-1-4-9-20)16-19-36(32,33)23-10-5-2-6-11-23/h1-6,8-15,24,29H,7,16-19H2,(H,30,31)/t24-,27-/m1/s1. The number of aliphatic carboxylic acids is 1. The minimum absolute atomic E-state index is 0.0286. The second-order valence-corrected chi connectivity index (χ2v) is 10.5. The van der Waals surface area contributed by atoms with E-state index in [1.165, 1.54) is 12.1 Å². The molecule has 3 aromatic carbocycles. The highest BCUT2D eigenvalue weighted by Crippen LogP contribution is 2.43. The number of carboxylic acids is 1. The van der Waals surface area contributed by atoms with Crippen LogP contribution in [0.1, 0.15) is 30.1 Å². The first-order valence-electron chi connectivity index (χ1n) is 11.5. The van der Waals surface area contributed by atoms with E-state index in [2.05, 4.69) is 4.99 Å². The van der Waals surface area contributed by atoms with Crippen LogP contribution in [-0.2, 0) is 19.4 Å². The van der Waals surface area contributed by atoms with Gasteiger partial charge in [-0.3, -0.25) is 0 Å². The quantitative estimate of drug-likeness (QED) is 0.378. The minimum Gasteiger partial charge on any atom is -0.494 e. The molecule has 1 aliphatic rings. The van der Waals surface area contributed by atoms with Crippen molar-refractivity contribution in [2.75, 3.05) is 19.0 Å². The molecular formula is C27H27NO7S. The van der Waals surface area contributed by atoms with Gasteiger partial charge in [-0.15, -0.1) is 0 Å². The summed E-state index contributed by atoms with van der Waals surface area (Å²) in [7, 11) is -3.75. The normalized spacial score (nSPS) is 19.4. The predicted octanol–water partition coefficient (Wildman–Crippen LogP) is 3.65. The number of aliphatic hydroxyl groups is 1. The summed E-state index contributed by atoms with van der Waals surface area (Å²) in [5, 5.41) is 19.3. The topological polar surface area (TPSA) is 122 Å². The largest absolute Gasteiger partial charge is 0.494 e. The van der Waals surface area contributed by atoms with Gasteiger partial charge in [-0.25, -0.2) is 18.2 Å². The van der Waals surface area contributed by atoms with Gasteiger partial charge in [-0.05, 0) is 42.0 Å². The van der Waals surface area contributed by atoms with Crippen LogP contribution in [0, 0.1) is 0 Å². The number of hydrogen-bond donors (Lipinski definition) is 2. The van der Waals surface area contributed by atoms with Crippen LogP contribution in [0.25, 0.3) is 0 Å². The molecule has 36 heavy (non-hydrogen) atoms. The lowest BCUT2D eigenvalue weighted by atomic mass is 9.86. The Hall–Kier alpha value is -3.69. The SMILES string of the molecule is O=C(O)[C@]1(CCS(=O)(=O)c2ccccc2)N=C(c2ccc(OCCCO)cc2)O[C@@H]1c1ccccc1. The molecule has 0 saturated carbocycles. The van der Waals surface area contributed by atoms with Crippen LogP contribution in [0.2, 0.25) is 0 Å². The molecule has 0 bridgehead atoms. The summed E-state index contributed by atoms with van der Waals surface area (Å²) in [5.74, 6) is -0.975. The van der Waals surface area contributed by atoms with Gasteiger partial charge in [-0.1, -0.05) is 48.5 Å². The van der Waals surface area contributed by atoms with Gasteiger partial charge in [0.15, 0.2) is 15.9 Å². The van der Waals surface area contributed by atoms with Gasteiger partial charge in [0.1, 0.15) is 5.75 Å². The van der Waals surface area contributed by atoms with Crippen molar-refractivity contribution in [3.63, 3.8) is 0 Å². The molecule has 188 valence electrons. The van der Waals surface area contributed by atoms with Gasteiger partial charge < -0.3 is 19.7 Å². The molecule has 9 heteroatoms. The molecule has 0 aromatic heterocycles. The van der Waals surface area contributed by atoms with Crippen LogP contribution < -0.4 is 4.74 Å². The first kappa shape index (κ1) is 25.4. The van der Waals surface area contributed by atoms with E-state index in [1.54, 1.807) is 72.8 Å². The summed E-state index contributed by atoms with van der Waals surface area (Å²) < 4.78 is 37.6. The van der Waals surface area contributed by atoms with E-state index >= 15 is 0 Å². The van der Waals surface area contributed by atoms with E-state index in [0.717, 1.165) is 0 Å². The van der Waals surface area contributed by atoms with Crippen LogP contribution in [-0.4, -0.2) is 55.0 Å². The van der Waals surface area contributed by atoms with Crippen LogP contribution in [0.5, 0.6) is 5.75 Å². The number of carbonyl (C=O) groups is 1. The molecule has 1 heterocycles. The van der Waals surface area contributed by atoms with Crippen molar-refractivity contribution in [3.8, 4) is 5.75 Å². The average molecular weight is 510 g/mol. The van der Waals surface area contributed by atoms with E-state index in [4.69, 9.17) is 14.6 Å². The molecule has 8 nitrogen and oxygen atoms in total. The summed E-state index contributed by atoms with van der Waals surface area (Å²) in [6.45, 7) is 0.391. The minimum atomic E-state index is -3.75. The summed E-state index contributed by atoms with van der Waals surface area (Å²) in [5.41, 5.74) is -0.714. The van der Waals surface area contributed by atoms with Crippen molar-refractivity contribution in [1.82, 2.24) is 0 Å². The number of rotatable bonds is 11. The lowest BCUT2D eigenvalue weighted by molar-refractivity contribution is -0.146. The van der Waals surface area contributed by atoms with Crippen LogP contribution in [0.3, 0.4) is 0 Å². The Kier molecular flexibility index (Phi) is 7.71. The van der Waals surface area contributed by atoms with E-state index in [1.807, 2.05) is 0 Å². The van der Waals surface area contributed by atoms with Gasteiger partial charge in [-0.2, -0.15) is 0 Å². The van der Waals surface area contributed by atoms with E-state index in [0.29, 0.717) is 29.9 Å². The second kappa shape index (κ2) is 10.9. The van der Waals surface area contributed by atoms with Crippen molar-refractivity contribution >= 4 is 21.7 Å². The molecule has 0 unspecified atom stereocenters. The Balaban J connectivity index is 1.67. The Morgan fingerprint density at radius 3 is 2.22 bits per heavy atom. The second-order valence-electron chi connectivity index (χ2n) is 8.39. The molecule has 0 radical (unpaired) electrons. The van der Waals surface area contributed by atoms with E-state index in [-0.39, 0.29) is 23.8 Å². The average Bonchev–Trinajstić information content (AvgIpc) is 3.30. The number of ether oxygens (including phenoxy) is 2. The third-order valence-electron chi connectivity index (χ3n) is 5.96. The fraction of sp³-hybridized carbons (Fsp3) is 0.259. The lowest BCUT2D eigenvalue weighted by Crippen LogP contribution is -2.42. The van der Waals surface area contributed by atoms with Crippen LogP contribution in [0.4, 0.5) is 0 Å². The first-order chi connectivity index (χ1) is 17.4. The molecule has 3 aromatic rings. The Labute approximate surface area is 209 Å². The molecule has 0 spiro atoms. The molecule has 0 fully saturated rings. The van der Waals surface area contributed by atoms with Gasteiger partial charge in [0.25, 0.3) is 0 Å². The van der Waals surface area contributed by atoms with Crippen LogP contribution in [0.15, 0.2) is 94.8 Å². The van der Waals surface area contributed by atoms with Crippen molar-refractivity contribution in [3.05, 3.63) is 96.1 Å². The van der Waals surface area contributed by atoms with Gasteiger partial charge >= 0.3 is 5.97 Å². The van der Waals surface area contributed by atoms with Crippen LogP contribution >= 0.6 is 0 Å². The Morgan fingerprint density at radius 1 is 0.972 bits per heavy atom. The van der Waals surface area contributed by atoms with E-state index in [9.17, 15) is 18.3 Å². The predicted molar refractivity (Wildman–Crippen MR) is 134 cm³/mol. The zero-order valence-corrected chi connectivity index (χ0v) is 20.3. The van der Waals surface area contributed by atoms with Crippen molar-refractivity contribution in [2.45, 2.75) is 29.4 Å². The first-order valence-corrected chi connectivity index (χ1v) is 13.2. The fourth-order valence-electron chi connectivity index (χ4n) is 4.02. The highest BCUT2D eigenvalue weighted by atomic mass is 32.2. The molecule has 0 aliphatic carbocycles. The molecule has 4 rings (SSSR count). The number of sulfone groups is 1.